The van der Waals surface area contributed by atoms with Crippen molar-refractivity contribution >= 4 is 46.7 Å². The quantitative estimate of drug-likeness (QED) is 0.222. The van der Waals surface area contributed by atoms with Crippen molar-refractivity contribution in [3.8, 4) is 0 Å². The summed E-state index contributed by atoms with van der Waals surface area (Å²) in [7, 11) is 1.77. The molecule has 1 fully saturated rings. The SMILES string of the molecule is CN=C(NCCCC(=O)NC1CC1)NCCCn1ccc2ccccc21.I. The molecule has 0 atom stereocenters. The van der Waals surface area contributed by atoms with Crippen LogP contribution in [0.3, 0.4) is 0 Å². The van der Waals surface area contributed by atoms with Crippen molar-refractivity contribution in [1.29, 1.82) is 0 Å². The van der Waals surface area contributed by atoms with Gasteiger partial charge in [0.05, 0.1) is 0 Å². The molecule has 3 rings (SSSR count). The third kappa shape index (κ3) is 7.04. The van der Waals surface area contributed by atoms with Gasteiger partial charge >= 0.3 is 0 Å². The van der Waals surface area contributed by atoms with Gasteiger partial charge in [-0.05, 0) is 43.2 Å². The monoisotopic (exact) mass is 483 g/mol. The van der Waals surface area contributed by atoms with Crippen LogP contribution in [0.1, 0.15) is 32.1 Å². The van der Waals surface area contributed by atoms with Crippen LogP contribution < -0.4 is 16.0 Å². The largest absolute Gasteiger partial charge is 0.356 e. The molecular weight excluding hydrogens is 453 g/mol. The Morgan fingerprint density at radius 1 is 1.15 bits per heavy atom. The molecule has 1 aromatic carbocycles. The number of hydrogen-bond acceptors (Lipinski definition) is 2. The lowest BCUT2D eigenvalue weighted by atomic mass is 10.2. The van der Waals surface area contributed by atoms with E-state index in [1.807, 2.05) is 0 Å². The molecule has 1 saturated carbocycles. The number of nitrogens with one attached hydrogen (secondary N) is 3. The van der Waals surface area contributed by atoms with Crippen molar-refractivity contribution < 1.29 is 4.79 Å². The number of guanidine groups is 1. The highest BCUT2D eigenvalue weighted by atomic mass is 127. The summed E-state index contributed by atoms with van der Waals surface area (Å²) in [4.78, 5) is 15.9. The molecule has 0 bridgehead atoms. The van der Waals surface area contributed by atoms with E-state index in [1.54, 1.807) is 7.05 Å². The standard InChI is InChI=1S/C20H29N5O.HI/c1-21-20(22-12-4-8-19(26)24-17-9-10-17)23-13-5-14-25-15-11-16-6-2-3-7-18(16)25;/h2-3,6-7,11,15,17H,4-5,8-10,12-14H2,1H3,(H,24,26)(H2,21,22,23);1H. The molecule has 1 aliphatic carbocycles. The zero-order valence-corrected chi connectivity index (χ0v) is 18.2. The number of aromatic nitrogens is 1. The number of halogens is 1. The number of fused-ring (bicyclic) bond motifs is 1. The third-order valence-electron chi connectivity index (χ3n) is 4.59. The Morgan fingerprint density at radius 2 is 1.89 bits per heavy atom. The molecule has 27 heavy (non-hydrogen) atoms. The van der Waals surface area contributed by atoms with E-state index in [1.165, 1.54) is 10.9 Å². The van der Waals surface area contributed by atoms with E-state index >= 15 is 0 Å². The molecule has 0 unspecified atom stereocenters. The second-order valence-electron chi connectivity index (χ2n) is 6.79. The molecule has 0 aliphatic heterocycles. The molecule has 7 heteroatoms. The highest BCUT2D eigenvalue weighted by molar-refractivity contribution is 14.0. The lowest BCUT2D eigenvalue weighted by Gasteiger charge is -2.12. The lowest BCUT2D eigenvalue weighted by Crippen LogP contribution is -2.38. The van der Waals surface area contributed by atoms with Crippen LogP contribution in [0.2, 0.25) is 0 Å². The summed E-state index contributed by atoms with van der Waals surface area (Å²) in [5.74, 6) is 0.959. The van der Waals surface area contributed by atoms with Gasteiger partial charge < -0.3 is 20.5 Å². The Labute approximate surface area is 178 Å². The van der Waals surface area contributed by atoms with Gasteiger partial charge in [-0.1, -0.05) is 18.2 Å². The minimum absolute atomic E-state index is 0. The van der Waals surface area contributed by atoms with Gasteiger partial charge in [-0.25, -0.2) is 0 Å². The summed E-state index contributed by atoms with van der Waals surface area (Å²) in [6.07, 6.45) is 6.82. The number of para-hydroxylation sites is 1. The van der Waals surface area contributed by atoms with Gasteiger partial charge in [-0.15, -0.1) is 24.0 Å². The van der Waals surface area contributed by atoms with Gasteiger partial charge in [0.2, 0.25) is 5.91 Å². The van der Waals surface area contributed by atoms with Crippen LogP contribution in [0.15, 0.2) is 41.5 Å². The Balaban J connectivity index is 0.00000261. The first-order valence-corrected chi connectivity index (χ1v) is 9.54. The van der Waals surface area contributed by atoms with Gasteiger partial charge in [0.15, 0.2) is 5.96 Å². The Morgan fingerprint density at radius 3 is 2.63 bits per heavy atom. The zero-order valence-electron chi connectivity index (χ0n) is 15.9. The molecule has 1 amide bonds. The van der Waals surface area contributed by atoms with Crippen molar-refractivity contribution in [3.63, 3.8) is 0 Å². The minimum Gasteiger partial charge on any atom is -0.356 e. The van der Waals surface area contributed by atoms with Crippen molar-refractivity contribution in [2.24, 2.45) is 4.99 Å². The molecule has 6 nitrogen and oxygen atoms in total. The van der Waals surface area contributed by atoms with E-state index in [0.717, 1.165) is 51.3 Å². The van der Waals surface area contributed by atoms with Gasteiger partial charge in [0.25, 0.3) is 0 Å². The first-order valence-electron chi connectivity index (χ1n) is 9.54. The van der Waals surface area contributed by atoms with E-state index < -0.39 is 0 Å². The topological polar surface area (TPSA) is 70.4 Å². The zero-order chi connectivity index (χ0) is 18.2. The average Bonchev–Trinajstić information content (AvgIpc) is 3.37. The molecule has 0 spiro atoms. The lowest BCUT2D eigenvalue weighted by molar-refractivity contribution is -0.121. The highest BCUT2D eigenvalue weighted by Crippen LogP contribution is 2.18. The molecule has 1 heterocycles. The van der Waals surface area contributed by atoms with Crippen LogP contribution in [0.4, 0.5) is 0 Å². The normalized spacial score (nSPS) is 13.9. The van der Waals surface area contributed by atoms with E-state index in [9.17, 15) is 4.79 Å². The smallest absolute Gasteiger partial charge is 0.220 e. The Bertz CT molecular complexity index is 754. The maximum absolute atomic E-state index is 11.6. The van der Waals surface area contributed by atoms with Gasteiger partial charge in [0, 0.05) is 50.9 Å². The molecule has 1 aliphatic rings. The summed E-state index contributed by atoms with van der Waals surface area (Å²) in [5, 5.41) is 10.9. The van der Waals surface area contributed by atoms with E-state index in [-0.39, 0.29) is 29.9 Å². The average molecular weight is 483 g/mol. The molecule has 0 radical (unpaired) electrons. The number of nitrogens with zero attached hydrogens (tertiary/aromatic N) is 2. The van der Waals surface area contributed by atoms with Crippen molar-refractivity contribution in [3.05, 3.63) is 36.5 Å². The van der Waals surface area contributed by atoms with Crippen LogP contribution in [0, 0.1) is 0 Å². The molecule has 2 aromatic rings. The molecule has 1 aromatic heterocycles. The van der Waals surface area contributed by atoms with Crippen LogP contribution in [-0.4, -0.2) is 42.6 Å². The summed E-state index contributed by atoms with van der Waals surface area (Å²) < 4.78 is 2.28. The fourth-order valence-electron chi connectivity index (χ4n) is 3.00. The maximum atomic E-state index is 11.6. The Kier molecular flexibility index (Phi) is 8.90. The molecule has 0 saturated heterocycles. The number of aryl methyl sites for hydroxylation is 1. The van der Waals surface area contributed by atoms with E-state index in [4.69, 9.17) is 0 Å². The number of benzene rings is 1. The fourth-order valence-corrected chi connectivity index (χ4v) is 3.00. The van der Waals surface area contributed by atoms with Crippen LogP contribution >= 0.6 is 24.0 Å². The van der Waals surface area contributed by atoms with Crippen LogP contribution in [0.5, 0.6) is 0 Å². The Hall–Kier alpha value is -1.77. The maximum Gasteiger partial charge on any atom is 0.220 e. The van der Waals surface area contributed by atoms with Gasteiger partial charge in [0.1, 0.15) is 0 Å². The van der Waals surface area contributed by atoms with E-state index in [0.29, 0.717) is 12.5 Å². The number of amides is 1. The van der Waals surface area contributed by atoms with Gasteiger partial charge in [-0.2, -0.15) is 0 Å². The van der Waals surface area contributed by atoms with Crippen LogP contribution in [-0.2, 0) is 11.3 Å². The number of carbonyl (C=O) groups excluding carboxylic acids is 1. The predicted molar refractivity (Wildman–Crippen MR) is 122 cm³/mol. The number of hydrogen-bond donors (Lipinski definition) is 3. The summed E-state index contributed by atoms with van der Waals surface area (Å²) >= 11 is 0. The van der Waals surface area contributed by atoms with Crippen molar-refractivity contribution in [2.45, 2.75) is 44.7 Å². The fraction of sp³-hybridized carbons (Fsp3) is 0.500. The second kappa shape index (κ2) is 11.2. The summed E-state index contributed by atoms with van der Waals surface area (Å²) in [5.41, 5.74) is 1.28. The first-order chi connectivity index (χ1) is 12.8. The van der Waals surface area contributed by atoms with E-state index in [2.05, 4.69) is 62.0 Å². The summed E-state index contributed by atoms with van der Waals surface area (Å²) in [6, 6.07) is 11.0. The predicted octanol–water partition coefficient (Wildman–Crippen LogP) is 2.87. The third-order valence-corrected chi connectivity index (χ3v) is 4.59. The first kappa shape index (κ1) is 21.5. The number of carbonyl (C=O) groups is 1. The second-order valence-corrected chi connectivity index (χ2v) is 6.79. The minimum atomic E-state index is 0. The number of aliphatic imine (C=N–C) groups is 1. The van der Waals surface area contributed by atoms with Gasteiger partial charge in [-0.3, -0.25) is 9.79 Å². The molecular formula is C20H30IN5O. The number of rotatable bonds is 9. The van der Waals surface area contributed by atoms with Crippen molar-refractivity contribution in [2.75, 3.05) is 20.1 Å². The van der Waals surface area contributed by atoms with Crippen LogP contribution in [0.25, 0.3) is 10.9 Å². The van der Waals surface area contributed by atoms with Crippen molar-refractivity contribution in [1.82, 2.24) is 20.5 Å². The highest BCUT2D eigenvalue weighted by Gasteiger charge is 2.22. The summed E-state index contributed by atoms with van der Waals surface area (Å²) in [6.45, 7) is 2.58. The molecule has 3 N–H and O–H groups in total. The molecule has 148 valence electrons.